The van der Waals surface area contributed by atoms with Crippen molar-refractivity contribution in [2.45, 2.75) is 24.3 Å². The molecule has 16 heavy (non-hydrogen) atoms. The number of thioether (sulfide) groups is 1. The monoisotopic (exact) mass is 243 g/mol. The molecule has 2 N–H and O–H groups in total. The third-order valence-corrected chi connectivity index (χ3v) is 3.46. The minimum absolute atomic E-state index is 0.351. The van der Waals surface area contributed by atoms with Gasteiger partial charge in [0.05, 0.1) is 19.1 Å². The van der Waals surface area contributed by atoms with Crippen molar-refractivity contribution in [1.29, 1.82) is 0 Å². The molecule has 1 heterocycles. The molecule has 1 rings (SSSR count). The van der Waals surface area contributed by atoms with E-state index in [9.17, 15) is 4.79 Å². The predicted octanol–water partition coefficient (Wildman–Crippen LogP) is 2.04. The Hall–Kier alpha value is -0.940. The normalized spacial score (nSPS) is 12.4. The fraction of sp³-hybridized carbons (Fsp3) is 0.545. The third-order valence-electron chi connectivity index (χ3n) is 2.22. The van der Waals surface area contributed by atoms with Gasteiger partial charge in [0, 0.05) is 5.25 Å². The van der Waals surface area contributed by atoms with Gasteiger partial charge in [-0.05, 0) is 19.0 Å². The van der Waals surface area contributed by atoms with E-state index in [-0.39, 0.29) is 5.97 Å². The molecule has 1 unspecified atom stereocenters. The summed E-state index contributed by atoms with van der Waals surface area (Å²) in [6.45, 7) is 2.79. The van der Waals surface area contributed by atoms with Crippen molar-refractivity contribution < 1.29 is 13.9 Å². The molecule has 0 aromatic carbocycles. The highest BCUT2D eigenvalue weighted by Gasteiger charge is 2.15. The van der Waals surface area contributed by atoms with E-state index in [4.69, 9.17) is 10.2 Å². The van der Waals surface area contributed by atoms with Gasteiger partial charge < -0.3 is 14.9 Å². The summed E-state index contributed by atoms with van der Waals surface area (Å²) in [5, 5.41) is 0.459. The number of esters is 1. The van der Waals surface area contributed by atoms with Gasteiger partial charge in [-0.1, -0.05) is 6.92 Å². The maximum atomic E-state index is 11.4. The van der Waals surface area contributed by atoms with Gasteiger partial charge in [-0.3, -0.25) is 0 Å². The lowest BCUT2D eigenvalue weighted by Crippen LogP contribution is -2.08. The Morgan fingerprint density at radius 1 is 1.69 bits per heavy atom. The molecule has 0 aliphatic rings. The summed E-state index contributed by atoms with van der Waals surface area (Å²) in [6.07, 6.45) is 2.47. The second-order valence-electron chi connectivity index (χ2n) is 3.45. The molecule has 1 atom stereocenters. The maximum Gasteiger partial charge on any atom is 0.341 e. The van der Waals surface area contributed by atoms with Crippen LogP contribution in [0.15, 0.2) is 16.7 Å². The van der Waals surface area contributed by atoms with Crippen LogP contribution in [-0.4, -0.2) is 24.9 Å². The molecule has 0 saturated carbocycles. The molecule has 1 aromatic rings. The number of furan rings is 1. The highest BCUT2D eigenvalue weighted by molar-refractivity contribution is 7.99. The first-order valence-corrected chi connectivity index (χ1v) is 6.20. The first-order chi connectivity index (χ1) is 7.69. The second-order valence-corrected chi connectivity index (χ2v) is 4.87. The number of hydrogen-bond donors (Lipinski definition) is 1. The summed E-state index contributed by atoms with van der Waals surface area (Å²) in [5.41, 5.74) is 5.98. The van der Waals surface area contributed by atoms with Crippen molar-refractivity contribution in [3.63, 3.8) is 0 Å². The van der Waals surface area contributed by atoms with Gasteiger partial charge in [0.15, 0.2) is 0 Å². The van der Waals surface area contributed by atoms with Gasteiger partial charge in [-0.2, -0.15) is 11.8 Å². The minimum atomic E-state index is -0.351. The fourth-order valence-corrected chi connectivity index (χ4v) is 2.24. The van der Waals surface area contributed by atoms with Crippen molar-refractivity contribution in [2.24, 2.45) is 5.73 Å². The number of nitrogens with two attached hydrogens (primary N) is 1. The van der Waals surface area contributed by atoms with Crippen LogP contribution in [0.5, 0.6) is 0 Å². The molecule has 90 valence electrons. The van der Waals surface area contributed by atoms with Crippen molar-refractivity contribution in [3.05, 3.63) is 23.7 Å². The highest BCUT2D eigenvalue weighted by atomic mass is 32.2. The first kappa shape index (κ1) is 13.1. The SMILES string of the molecule is COC(=O)c1ccoc1CSC(C)CCN. The molecule has 0 saturated heterocycles. The lowest BCUT2D eigenvalue weighted by Gasteiger charge is -2.08. The topological polar surface area (TPSA) is 65.5 Å². The average molecular weight is 243 g/mol. The Labute approximate surface area is 99.5 Å². The smallest absolute Gasteiger partial charge is 0.341 e. The van der Waals surface area contributed by atoms with E-state index in [0.717, 1.165) is 6.42 Å². The molecular weight excluding hydrogens is 226 g/mol. The molecule has 0 fully saturated rings. The zero-order valence-corrected chi connectivity index (χ0v) is 10.4. The molecule has 0 radical (unpaired) electrons. The quantitative estimate of drug-likeness (QED) is 0.774. The van der Waals surface area contributed by atoms with Gasteiger partial charge >= 0.3 is 5.97 Å². The Bertz CT molecular complexity index is 338. The summed E-state index contributed by atoms with van der Waals surface area (Å²) >= 11 is 1.72. The summed E-state index contributed by atoms with van der Waals surface area (Å²) in [5.74, 6) is 0.982. The zero-order valence-electron chi connectivity index (χ0n) is 9.56. The molecule has 5 heteroatoms. The summed E-state index contributed by atoms with van der Waals surface area (Å²) in [4.78, 5) is 11.4. The molecule has 0 spiro atoms. The van der Waals surface area contributed by atoms with Crippen LogP contribution in [0, 0.1) is 0 Å². The minimum Gasteiger partial charge on any atom is -0.468 e. The van der Waals surface area contributed by atoms with Crippen LogP contribution >= 0.6 is 11.8 Å². The van der Waals surface area contributed by atoms with Gasteiger partial charge in [-0.25, -0.2) is 4.79 Å². The van der Waals surface area contributed by atoms with Gasteiger partial charge in [0.25, 0.3) is 0 Å². The summed E-state index contributed by atoms with van der Waals surface area (Å²) in [6, 6.07) is 1.63. The number of carbonyl (C=O) groups excluding carboxylic acids is 1. The van der Waals surface area contributed by atoms with E-state index < -0.39 is 0 Å². The molecule has 1 aromatic heterocycles. The third kappa shape index (κ3) is 3.57. The van der Waals surface area contributed by atoms with E-state index in [1.165, 1.54) is 13.4 Å². The first-order valence-electron chi connectivity index (χ1n) is 5.15. The van der Waals surface area contributed by atoms with Gasteiger partial charge in [0.2, 0.25) is 0 Å². The molecule has 0 aliphatic heterocycles. The van der Waals surface area contributed by atoms with Crippen LogP contribution in [0.25, 0.3) is 0 Å². The molecule has 0 amide bonds. The van der Waals surface area contributed by atoms with Crippen molar-refractivity contribution >= 4 is 17.7 Å². The van der Waals surface area contributed by atoms with Crippen LogP contribution in [0.1, 0.15) is 29.5 Å². The van der Waals surface area contributed by atoms with Crippen LogP contribution in [-0.2, 0) is 10.5 Å². The van der Waals surface area contributed by atoms with Gasteiger partial charge in [0.1, 0.15) is 11.3 Å². The van der Waals surface area contributed by atoms with E-state index in [0.29, 0.717) is 28.9 Å². The van der Waals surface area contributed by atoms with E-state index >= 15 is 0 Å². The second kappa shape index (κ2) is 6.60. The summed E-state index contributed by atoms with van der Waals surface area (Å²) < 4.78 is 9.92. The number of ether oxygens (including phenoxy) is 1. The number of rotatable bonds is 6. The molecule has 4 nitrogen and oxygen atoms in total. The van der Waals surface area contributed by atoms with E-state index in [1.807, 2.05) is 0 Å². The Kier molecular flexibility index (Phi) is 5.42. The Morgan fingerprint density at radius 3 is 3.06 bits per heavy atom. The van der Waals surface area contributed by atoms with E-state index in [1.54, 1.807) is 17.8 Å². The molecule has 0 aliphatic carbocycles. The Morgan fingerprint density at radius 2 is 2.44 bits per heavy atom. The number of hydrogen-bond acceptors (Lipinski definition) is 5. The van der Waals surface area contributed by atoms with Crippen molar-refractivity contribution in [3.8, 4) is 0 Å². The lowest BCUT2D eigenvalue weighted by molar-refractivity contribution is 0.0598. The average Bonchev–Trinajstić information content (AvgIpc) is 2.74. The standard InChI is InChI=1S/C11H17NO3S/c1-8(3-5-12)16-7-10-9(4-6-15-10)11(13)14-2/h4,6,8H,3,5,7,12H2,1-2H3. The number of methoxy groups -OCH3 is 1. The molecule has 0 bridgehead atoms. The van der Waals surface area contributed by atoms with Crippen LogP contribution in [0.4, 0.5) is 0 Å². The van der Waals surface area contributed by atoms with Crippen LogP contribution in [0.3, 0.4) is 0 Å². The van der Waals surface area contributed by atoms with Crippen molar-refractivity contribution in [1.82, 2.24) is 0 Å². The van der Waals surface area contributed by atoms with Crippen LogP contribution < -0.4 is 5.73 Å². The fourth-order valence-electron chi connectivity index (χ4n) is 1.28. The maximum absolute atomic E-state index is 11.4. The van der Waals surface area contributed by atoms with Gasteiger partial charge in [-0.15, -0.1) is 0 Å². The van der Waals surface area contributed by atoms with Crippen molar-refractivity contribution in [2.75, 3.05) is 13.7 Å². The highest BCUT2D eigenvalue weighted by Crippen LogP contribution is 2.23. The zero-order chi connectivity index (χ0) is 12.0. The largest absolute Gasteiger partial charge is 0.468 e. The van der Waals surface area contributed by atoms with Crippen LogP contribution in [0.2, 0.25) is 0 Å². The Balaban J connectivity index is 2.54. The number of carbonyl (C=O) groups is 1. The molecular formula is C11H17NO3S. The summed E-state index contributed by atoms with van der Waals surface area (Å²) in [7, 11) is 1.36. The predicted molar refractivity (Wildman–Crippen MR) is 64.5 cm³/mol. The lowest BCUT2D eigenvalue weighted by atomic mass is 10.3. The van der Waals surface area contributed by atoms with E-state index in [2.05, 4.69) is 11.7 Å².